The molecule has 1 heterocycles. The van der Waals surface area contributed by atoms with Crippen LogP contribution in [0.5, 0.6) is 0 Å². The second-order valence-electron chi connectivity index (χ2n) is 6.96. The van der Waals surface area contributed by atoms with Gasteiger partial charge in [-0.05, 0) is 48.5 Å². The summed E-state index contributed by atoms with van der Waals surface area (Å²) < 4.78 is 25.4. The van der Waals surface area contributed by atoms with Crippen LogP contribution in [0.4, 0.5) is 11.4 Å². The molecule has 2 N–H and O–H groups in total. The monoisotopic (exact) mass is 525 g/mol. The Morgan fingerprint density at radius 3 is 2.21 bits per heavy atom. The van der Waals surface area contributed by atoms with Crippen LogP contribution >= 0.6 is 15.9 Å². The zero-order valence-electron chi connectivity index (χ0n) is 16.9. The highest BCUT2D eigenvalue weighted by Crippen LogP contribution is 2.26. The quantitative estimate of drug-likeness (QED) is 0.223. The number of aliphatic imine (C=N–C) groups is 1. The average molecular weight is 526 g/mol. The Morgan fingerprint density at radius 2 is 1.64 bits per heavy atom. The van der Waals surface area contributed by atoms with Crippen LogP contribution in [0.15, 0.2) is 93.4 Å². The van der Waals surface area contributed by atoms with Crippen molar-refractivity contribution < 1.29 is 13.3 Å². The van der Waals surface area contributed by atoms with Gasteiger partial charge in [0.15, 0.2) is 0 Å². The Labute approximate surface area is 197 Å². The van der Waals surface area contributed by atoms with Gasteiger partial charge in [-0.3, -0.25) is 15.1 Å². The summed E-state index contributed by atoms with van der Waals surface area (Å²) in [4.78, 5) is 14.9. The smallest absolute Gasteiger partial charge is 0.258 e. The minimum Gasteiger partial charge on any atom is -0.258 e. The number of nitrogens with zero attached hydrogens (tertiary/aromatic N) is 4. The van der Waals surface area contributed by atoms with E-state index in [0.717, 1.165) is 10.0 Å². The first kappa shape index (κ1) is 22.5. The molecule has 0 aliphatic rings. The zero-order chi connectivity index (χ0) is 23.6. The highest BCUT2D eigenvalue weighted by molar-refractivity contribution is 9.10. The summed E-state index contributed by atoms with van der Waals surface area (Å²) in [6.45, 7) is 0. The van der Waals surface area contributed by atoms with Gasteiger partial charge in [0, 0.05) is 40.1 Å². The Hall–Kier alpha value is -3.67. The molecule has 3 aromatic carbocycles. The maximum absolute atomic E-state index is 11.4. The standard InChI is InChI=1S/C22H16BrN5O4S/c23-17-3-1-15(2-4-17)22-16(13-25-18-5-11-21(12-6-18)33(24,31)32)14-27(26-22)19-7-9-20(10-8-19)28(29)30/h1-14H,(H2,24,31,32). The molecule has 4 aromatic rings. The second-order valence-corrected chi connectivity index (χ2v) is 9.43. The maximum atomic E-state index is 11.4. The maximum Gasteiger partial charge on any atom is 0.269 e. The van der Waals surface area contributed by atoms with Crippen LogP contribution in [-0.2, 0) is 10.0 Å². The predicted molar refractivity (Wildman–Crippen MR) is 128 cm³/mol. The van der Waals surface area contributed by atoms with Gasteiger partial charge in [0.25, 0.3) is 5.69 Å². The molecule has 0 unspecified atom stereocenters. The van der Waals surface area contributed by atoms with Gasteiger partial charge >= 0.3 is 0 Å². The van der Waals surface area contributed by atoms with Crippen molar-refractivity contribution in [1.82, 2.24) is 9.78 Å². The minimum atomic E-state index is -3.78. The molecule has 0 bridgehead atoms. The average Bonchev–Trinajstić information content (AvgIpc) is 3.22. The van der Waals surface area contributed by atoms with Crippen LogP contribution < -0.4 is 5.14 Å². The summed E-state index contributed by atoms with van der Waals surface area (Å²) in [6, 6.07) is 19.5. The first-order valence-corrected chi connectivity index (χ1v) is 11.8. The van der Waals surface area contributed by atoms with Crippen molar-refractivity contribution in [3.05, 3.63) is 99.1 Å². The van der Waals surface area contributed by atoms with E-state index in [4.69, 9.17) is 5.14 Å². The molecule has 0 spiro atoms. The molecule has 33 heavy (non-hydrogen) atoms. The van der Waals surface area contributed by atoms with E-state index >= 15 is 0 Å². The van der Waals surface area contributed by atoms with Crippen molar-refractivity contribution >= 4 is 43.5 Å². The molecular formula is C22H16BrN5O4S. The number of aromatic nitrogens is 2. The molecular weight excluding hydrogens is 510 g/mol. The largest absolute Gasteiger partial charge is 0.269 e. The van der Waals surface area contributed by atoms with Crippen LogP contribution in [-0.4, -0.2) is 29.3 Å². The number of sulfonamides is 1. The number of primary sulfonamides is 1. The van der Waals surface area contributed by atoms with Crippen molar-refractivity contribution in [3.8, 4) is 16.9 Å². The Kier molecular flexibility index (Phi) is 6.18. The summed E-state index contributed by atoms with van der Waals surface area (Å²) in [5.74, 6) is 0. The number of nitrogens with two attached hydrogens (primary N) is 1. The van der Waals surface area contributed by atoms with Crippen molar-refractivity contribution in [1.29, 1.82) is 0 Å². The fraction of sp³-hybridized carbons (Fsp3) is 0. The van der Waals surface area contributed by atoms with E-state index in [0.29, 0.717) is 22.6 Å². The number of nitro groups is 1. The van der Waals surface area contributed by atoms with E-state index in [1.54, 1.807) is 41.4 Å². The van der Waals surface area contributed by atoms with Gasteiger partial charge in [-0.25, -0.2) is 18.2 Å². The molecule has 166 valence electrons. The number of hydrogen-bond donors (Lipinski definition) is 1. The Bertz CT molecular complexity index is 1450. The zero-order valence-corrected chi connectivity index (χ0v) is 19.3. The van der Waals surface area contributed by atoms with Crippen molar-refractivity contribution in [2.24, 2.45) is 10.1 Å². The van der Waals surface area contributed by atoms with Crippen LogP contribution in [0, 0.1) is 10.1 Å². The fourth-order valence-corrected chi connectivity index (χ4v) is 3.82. The van der Waals surface area contributed by atoms with E-state index < -0.39 is 14.9 Å². The molecule has 11 heteroatoms. The Balaban J connectivity index is 1.73. The van der Waals surface area contributed by atoms with Crippen molar-refractivity contribution in [3.63, 3.8) is 0 Å². The van der Waals surface area contributed by atoms with Gasteiger partial charge in [0.2, 0.25) is 10.0 Å². The van der Waals surface area contributed by atoms with Crippen LogP contribution in [0.1, 0.15) is 5.56 Å². The number of rotatable bonds is 6. The van der Waals surface area contributed by atoms with Crippen molar-refractivity contribution in [2.75, 3.05) is 0 Å². The van der Waals surface area contributed by atoms with Gasteiger partial charge in [0.1, 0.15) is 5.69 Å². The number of benzene rings is 3. The lowest BCUT2D eigenvalue weighted by molar-refractivity contribution is -0.384. The molecule has 4 rings (SSSR count). The van der Waals surface area contributed by atoms with E-state index in [1.165, 1.54) is 24.3 Å². The first-order valence-electron chi connectivity index (χ1n) is 9.48. The van der Waals surface area contributed by atoms with Crippen LogP contribution in [0.3, 0.4) is 0 Å². The number of non-ortho nitro benzene ring substituents is 1. The lowest BCUT2D eigenvalue weighted by Crippen LogP contribution is -2.11. The summed E-state index contributed by atoms with van der Waals surface area (Å²) in [5.41, 5.74) is 3.38. The Morgan fingerprint density at radius 1 is 1.00 bits per heavy atom. The molecule has 9 nitrogen and oxygen atoms in total. The lowest BCUT2D eigenvalue weighted by Gasteiger charge is -2.01. The number of halogens is 1. The highest BCUT2D eigenvalue weighted by Gasteiger charge is 2.13. The molecule has 0 amide bonds. The van der Waals surface area contributed by atoms with Gasteiger partial charge < -0.3 is 0 Å². The first-order chi connectivity index (χ1) is 15.7. The fourth-order valence-electron chi connectivity index (χ4n) is 3.04. The molecule has 0 aliphatic heterocycles. The van der Waals surface area contributed by atoms with Gasteiger partial charge in [-0.1, -0.05) is 28.1 Å². The van der Waals surface area contributed by atoms with E-state index in [2.05, 4.69) is 26.0 Å². The van der Waals surface area contributed by atoms with E-state index in [-0.39, 0.29) is 10.6 Å². The third-order valence-corrected chi connectivity index (χ3v) is 6.16. The van der Waals surface area contributed by atoms with Crippen molar-refractivity contribution in [2.45, 2.75) is 4.90 Å². The highest BCUT2D eigenvalue weighted by atomic mass is 79.9. The van der Waals surface area contributed by atoms with Gasteiger partial charge in [-0.15, -0.1) is 0 Å². The molecule has 0 saturated heterocycles. The molecule has 0 radical (unpaired) electrons. The number of hydrogen-bond acceptors (Lipinski definition) is 6. The number of nitro benzene ring substituents is 1. The summed E-state index contributed by atoms with van der Waals surface area (Å²) >= 11 is 3.42. The SMILES string of the molecule is NS(=O)(=O)c1ccc(N=Cc2cn(-c3ccc([N+](=O)[O-])cc3)nc2-c2ccc(Br)cc2)cc1. The van der Waals surface area contributed by atoms with Crippen LogP contribution in [0.25, 0.3) is 16.9 Å². The third-order valence-electron chi connectivity index (χ3n) is 4.70. The van der Waals surface area contributed by atoms with Crippen LogP contribution in [0.2, 0.25) is 0 Å². The molecule has 1 aromatic heterocycles. The lowest BCUT2D eigenvalue weighted by atomic mass is 10.1. The summed E-state index contributed by atoms with van der Waals surface area (Å²) in [5, 5.41) is 20.7. The predicted octanol–water partition coefficient (Wildman–Crippen LogP) is 4.61. The third kappa shape index (κ3) is 5.22. The normalized spacial score (nSPS) is 11.7. The van der Waals surface area contributed by atoms with Gasteiger partial charge in [0.05, 0.1) is 21.2 Å². The summed E-state index contributed by atoms with van der Waals surface area (Å²) in [7, 11) is -3.78. The molecule has 0 saturated carbocycles. The van der Waals surface area contributed by atoms with E-state index in [9.17, 15) is 18.5 Å². The van der Waals surface area contributed by atoms with Gasteiger partial charge in [-0.2, -0.15) is 5.10 Å². The minimum absolute atomic E-state index is 0.00277. The second kappa shape index (κ2) is 9.06. The molecule has 0 fully saturated rings. The van der Waals surface area contributed by atoms with E-state index in [1.807, 2.05) is 24.3 Å². The molecule has 0 aliphatic carbocycles. The molecule has 0 atom stereocenters. The summed E-state index contributed by atoms with van der Waals surface area (Å²) in [6.07, 6.45) is 3.39. The topological polar surface area (TPSA) is 133 Å².